The first-order chi connectivity index (χ1) is 8.58. The van der Waals surface area contributed by atoms with Crippen LogP contribution in [-0.4, -0.2) is 10.8 Å². The van der Waals surface area contributed by atoms with Crippen molar-refractivity contribution in [2.75, 3.05) is 0 Å². The number of ketones is 1. The summed E-state index contributed by atoms with van der Waals surface area (Å²) in [6.07, 6.45) is 1.63. The van der Waals surface area contributed by atoms with E-state index in [4.69, 9.17) is 11.6 Å². The van der Waals surface area contributed by atoms with Gasteiger partial charge in [-0.15, -0.1) is 0 Å². The number of Topliss-reactive ketones (excluding diaryl/α,β-unsaturated/α-hetero) is 1. The number of carbonyl (C=O) groups is 1. The Kier molecular flexibility index (Phi) is 3.72. The van der Waals surface area contributed by atoms with Gasteiger partial charge in [0.15, 0.2) is 5.78 Å². The summed E-state index contributed by atoms with van der Waals surface area (Å²) >= 11 is 5.66. The molecular weight excluding hydrogens is 253 g/mol. The molecule has 2 rings (SSSR count). The van der Waals surface area contributed by atoms with E-state index in [0.29, 0.717) is 21.8 Å². The van der Waals surface area contributed by atoms with Crippen LogP contribution in [0.15, 0.2) is 36.5 Å². The molecule has 0 radical (unpaired) electrons. The van der Waals surface area contributed by atoms with Gasteiger partial charge in [-0.2, -0.15) is 0 Å². The molecule has 18 heavy (non-hydrogen) atoms. The SMILES string of the molecule is Cc1ncccc1C(=O)Cc1ccc(Cl)cc1F. The summed E-state index contributed by atoms with van der Waals surface area (Å²) in [5, 5.41) is 0.321. The van der Waals surface area contributed by atoms with Crippen LogP contribution in [0.4, 0.5) is 4.39 Å². The van der Waals surface area contributed by atoms with E-state index in [1.165, 1.54) is 12.1 Å². The van der Waals surface area contributed by atoms with Crippen molar-refractivity contribution in [1.29, 1.82) is 0 Å². The predicted molar refractivity (Wildman–Crippen MR) is 68.4 cm³/mol. The van der Waals surface area contributed by atoms with Crippen molar-refractivity contribution >= 4 is 17.4 Å². The van der Waals surface area contributed by atoms with Crippen LogP contribution in [0.2, 0.25) is 5.02 Å². The Hall–Kier alpha value is -1.74. The predicted octanol–water partition coefficient (Wildman–Crippen LogP) is 3.61. The van der Waals surface area contributed by atoms with Crippen molar-refractivity contribution < 1.29 is 9.18 Å². The molecule has 2 nitrogen and oxygen atoms in total. The van der Waals surface area contributed by atoms with Crippen LogP contribution in [-0.2, 0) is 6.42 Å². The third kappa shape index (κ3) is 2.74. The highest BCUT2D eigenvalue weighted by Gasteiger charge is 2.13. The molecule has 92 valence electrons. The van der Waals surface area contributed by atoms with Gasteiger partial charge < -0.3 is 0 Å². The number of aryl methyl sites for hydroxylation is 1. The normalized spacial score (nSPS) is 10.4. The monoisotopic (exact) mass is 263 g/mol. The molecule has 0 bridgehead atoms. The van der Waals surface area contributed by atoms with Gasteiger partial charge in [0.25, 0.3) is 0 Å². The zero-order valence-electron chi connectivity index (χ0n) is 9.78. The topological polar surface area (TPSA) is 30.0 Å². The summed E-state index contributed by atoms with van der Waals surface area (Å²) in [5.41, 5.74) is 1.51. The molecule has 0 amide bonds. The maximum atomic E-state index is 13.6. The fraction of sp³-hybridized carbons (Fsp3) is 0.143. The van der Waals surface area contributed by atoms with Crippen LogP contribution in [0.25, 0.3) is 0 Å². The third-order valence-corrected chi connectivity index (χ3v) is 2.91. The highest BCUT2D eigenvalue weighted by atomic mass is 35.5. The first-order valence-corrected chi connectivity index (χ1v) is 5.84. The molecule has 0 fully saturated rings. The number of halogens is 2. The molecule has 0 aliphatic carbocycles. The number of benzene rings is 1. The average Bonchev–Trinajstić information content (AvgIpc) is 2.33. The zero-order chi connectivity index (χ0) is 13.1. The second-order valence-corrected chi connectivity index (χ2v) is 4.41. The van der Waals surface area contributed by atoms with Gasteiger partial charge in [0, 0.05) is 28.9 Å². The van der Waals surface area contributed by atoms with Crippen LogP contribution in [0.1, 0.15) is 21.6 Å². The summed E-state index contributed by atoms with van der Waals surface area (Å²) < 4.78 is 13.6. The lowest BCUT2D eigenvalue weighted by Gasteiger charge is -2.05. The summed E-state index contributed by atoms with van der Waals surface area (Å²) in [4.78, 5) is 16.1. The summed E-state index contributed by atoms with van der Waals surface area (Å²) in [5.74, 6) is -0.612. The summed E-state index contributed by atoms with van der Waals surface area (Å²) in [7, 11) is 0. The van der Waals surface area contributed by atoms with E-state index in [0.717, 1.165) is 0 Å². The minimum absolute atomic E-state index is 0.00946. The van der Waals surface area contributed by atoms with Crippen molar-refractivity contribution in [3.63, 3.8) is 0 Å². The third-order valence-electron chi connectivity index (χ3n) is 2.67. The fourth-order valence-electron chi connectivity index (χ4n) is 1.71. The van der Waals surface area contributed by atoms with E-state index < -0.39 is 5.82 Å². The molecule has 1 heterocycles. The van der Waals surface area contributed by atoms with Crippen LogP contribution < -0.4 is 0 Å². The molecule has 0 aliphatic heterocycles. The molecule has 4 heteroatoms. The second kappa shape index (κ2) is 5.27. The van der Waals surface area contributed by atoms with Crippen molar-refractivity contribution in [2.45, 2.75) is 13.3 Å². The maximum Gasteiger partial charge on any atom is 0.169 e. The number of hydrogen-bond acceptors (Lipinski definition) is 2. The maximum absolute atomic E-state index is 13.6. The van der Waals surface area contributed by atoms with Gasteiger partial charge in [-0.05, 0) is 36.8 Å². The summed E-state index contributed by atoms with van der Waals surface area (Å²) in [6.45, 7) is 1.76. The number of nitrogens with zero attached hydrogens (tertiary/aromatic N) is 1. The largest absolute Gasteiger partial charge is 0.294 e. The first kappa shape index (κ1) is 12.7. The standard InChI is InChI=1S/C14H11ClFNO/c1-9-12(3-2-6-17-9)14(18)7-10-4-5-11(15)8-13(10)16/h2-6,8H,7H2,1H3. The van der Waals surface area contributed by atoms with Crippen molar-refractivity contribution in [1.82, 2.24) is 4.98 Å². The molecular formula is C14H11ClFNO. The molecule has 0 spiro atoms. The number of pyridine rings is 1. The molecule has 0 atom stereocenters. The van der Waals surface area contributed by atoms with Crippen LogP contribution in [0, 0.1) is 12.7 Å². The zero-order valence-corrected chi connectivity index (χ0v) is 10.5. The van der Waals surface area contributed by atoms with E-state index in [9.17, 15) is 9.18 Å². The highest BCUT2D eigenvalue weighted by molar-refractivity contribution is 6.30. The minimum Gasteiger partial charge on any atom is -0.294 e. The van der Waals surface area contributed by atoms with Crippen LogP contribution >= 0.6 is 11.6 Å². The Bertz CT molecular complexity index is 598. The smallest absolute Gasteiger partial charge is 0.169 e. The molecule has 0 aliphatic rings. The molecule has 0 N–H and O–H groups in total. The minimum atomic E-state index is -0.461. The van der Waals surface area contributed by atoms with Crippen molar-refractivity contribution in [3.05, 3.63) is 64.2 Å². The molecule has 1 aromatic carbocycles. The van der Waals surface area contributed by atoms with Gasteiger partial charge in [-0.3, -0.25) is 9.78 Å². The van der Waals surface area contributed by atoms with E-state index >= 15 is 0 Å². The Morgan fingerprint density at radius 1 is 1.39 bits per heavy atom. The fourth-order valence-corrected chi connectivity index (χ4v) is 1.87. The van der Waals surface area contributed by atoms with E-state index in [-0.39, 0.29) is 12.2 Å². The highest BCUT2D eigenvalue weighted by Crippen LogP contribution is 2.17. The van der Waals surface area contributed by atoms with Gasteiger partial charge >= 0.3 is 0 Å². The number of hydrogen-bond donors (Lipinski definition) is 0. The van der Waals surface area contributed by atoms with Gasteiger partial charge in [0.05, 0.1) is 0 Å². The van der Waals surface area contributed by atoms with Gasteiger partial charge in [-0.25, -0.2) is 4.39 Å². The van der Waals surface area contributed by atoms with Crippen molar-refractivity contribution in [2.24, 2.45) is 0 Å². The summed E-state index contributed by atoms with van der Waals surface area (Å²) in [6, 6.07) is 7.70. The molecule has 2 aromatic rings. The molecule has 0 saturated heterocycles. The number of carbonyl (C=O) groups excluding carboxylic acids is 1. The average molecular weight is 264 g/mol. The molecule has 1 aromatic heterocycles. The van der Waals surface area contributed by atoms with Crippen LogP contribution in [0.5, 0.6) is 0 Å². The Morgan fingerprint density at radius 2 is 2.17 bits per heavy atom. The van der Waals surface area contributed by atoms with E-state index in [1.807, 2.05) is 0 Å². The number of aromatic nitrogens is 1. The quantitative estimate of drug-likeness (QED) is 0.792. The lowest BCUT2D eigenvalue weighted by atomic mass is 10.0. The molecule has 0 saturated carbocycles. The van der Waals surface area contributed by atoms with E-state index in [1.54, 1.807) is 31.3 Å². The second-order valence-electron chi connectivity index (χ2n) is 3.97. The van der Waals surface area contributed by atoms with Gasteiger partial charge in [0.2, 0.25) is 0 Å². The Morgan fingerprint density at radius 3 is 2.83 bits per heavy atom. The van der Waals surface area contributed by atoms with Crippen molar-refractivity contribution in [3.8, 4) is 0 Å². The van der Waals surface area contributed by atoms with Gasteiger partial charge in [-0.1, -0.05) is 17.7 Å². The first-order valence-electron chi connectivity index (χ1n) is 5.46. The van der Waals surface area contributed by atoms with E-state index in [2.05, 4.69) is 4.98 Å². The van der Waals surface area contributed by atoms with Gasteiger partial charge in [0.1, 0.15) is 5.82 Å². The lowest BCUT2D eigenvalue weighted by molar-refractivity contribution is 0.0991. The Labute approximate surface area is 109 Å². The Balaban J connectivity index is 2.24. The van der Waals surface area contributed by atoms with Crippen LogP contribution in [0.3, 0.4) is 0 Å². The lowest BCUT2D eigenvalue weighted by Crippen LogP contribution is -2.07. The molecule has 0 unspecified atom stereocenters. The number of rotatable bonds is 3.